The molecule has 7 nitrogen and oxygen atoms in total. The Balaban J connectivity index is 1.36. The summed E-state index contributed by atoms with van der Waals surface area (Å²) in [6.07, 6.45) is 5.36. The number of imide groups is 1. The van der Waals surface area contributed by atoms with Crippen LogP contribution in [-0.2, 0) is 36.8 Å². The molecule has 1 saturated heterocycles. The van der Waals surface area contributed by atoms with Crippen LogP contribution < -0.4 is 5.32 Å². The van der Waals surface area contributed by atoms with Gasteiger partial charge >= 0.3 is 5.97 Å². The molecule has 3 amide bonds. The van der Waals surface area contributed by atoms with Gasteiger partial charge < -0.3 is 10.1 Å². The first-order valence-corrected chi connectivity index (χ1v) is 10.9. The SMILES string of the molecule is C[C@@H](OC(=O)[C@H](C)N1C(=O)[C@H]2CCCC[C@@H]2C1=O)C(=O)Nc1ccc2c(c1)CCC2. The topological polar surface area (TPSA) is 92.8 Å². The van der Waals surface area contributed by atoms with Crippen LogP contribution in [0.25, 0.3) is 0 Å². The lowest BCUT2D eigenvalue weighted by Crippen LogP contribution is -2.46. The highest BCUT2D eigenvalue weighted by atomic mass is 16.5. The number of hydrogen-bond donors (Lipinski definition) is 1. The number of esters is 1. The van der Waals surface area contributed by atoms with Gasteiger partial charge in [0.1, 0.15) is 6.04 Å². The Labute approximate surface area is 176 Å². The van der Waals surface area contributed by atoms with Gasteiger partial charge in [-0.3, -0.25) is 19.3 Å². The van der Waals surface area contributed by atoms with Gasteiger partial charge in [0.05, 0.1) is 11.8 Å². The zero-order valence-electron chi connectivity index (χ0n) is 17.5. The number of nitrogens with one attached hydrogen (secondary N) is 1. The first kappa shape index (κ1) is 20.6. The number of nitrogens with zero attached hydrogens (tertiary/aromatic N) is 1. The number of amides is 3. The van der Waals surface area contributed by atoms with Crippen LogP contribution in [0, 0.1) is 11.8 Å². The van der Waals surface area contributed by atoms with Crippen molar-refractivity contribution in [2.75, 3.05) is 5.32 Å². The molecule has 1 aliphatic heterocycles. The maximum Gasteiger partial charge on any atom is 0.329 e. The molecular weight excluding hydrogens is 384 g/mol. The van der Waals surface area contributed by atoms with Gasteiger partial charge in [0.25, 0.3) is 5.91 Å². The van der Waals surface area contributed by atoms with E-state index in [4.69, 9.17) is 4.74 Å². The summed E-state index contributed by atoms with van der Waals surface area (Å²) in [7, 11) is 0. The Morgan fingerprint density at radius 2 is 1.63 bits per heavy atom. The number of fused-ring (bicyclic) bond motifs is 2. The largest absolute Gasteiger partial charge is 0.451 e. The van der Waals surface area contributed by atoms with Crippen LogP contribution >= 0.6 is 0 Å². The maximum atomic E-state index is 12.7. The third-order valence-corrected chi connectivity index (χ3v) is 6.63. The van der Waals surface area contributed by atoms with Crippen molar-refractivity contribution in [2.45, 2.75) is 70.9 Å². The molecule has 0 radical (unpaired) electrons. The first-order valence-electron chi connectivity index (χ1n) is 10.9. The lowest BCUT2D eigenvalue weighted by molar-refractivity contribution is -0.163. The molecule has 0 aromatic heterocycles. The third-order valence-electron chi connectivity index (χ3n) is 6.63. The van der Waals surface area contributed by atoms with E-state index >= 15 is 0 Å². The van der Waals surface area contributed by atoms with E-state index in [2.05, 4.69) is 5.32 Å². The molecule has 30 heavy (non-hydrogen) atoms. The molecule has 1 aromatic rings. The van der Waals surface area contributed by atoms with Crippen LogP contribution in [0.3, 0.4) is 0 Å². The fourth-order valence-corrected chi connectivity index (χ4v) is 4.89. The summed E-state index contributed by atoms with van der Waals surface area (Å²) in [4.78, 5) is 51.5. The fraction of sp³-hybridized carbons (Fsp3) is 0.565. The molecule has 4 rings (SSSR count). The van der Waals surface area contributed by atoms with Crippen molar-refractivity contribution in [3.8, 4) is 0 Å². The fourth-order valence-electron chi connectivity index (χ4n) is 4.89. The van der Waals surface area contributed by atoms with E-state index in [0.717, 1.165) is 37.0 Å². The quantitative estimate of drug-likeness (QED) is 0.593. The first-order chi connectivity index (χ1) is 14.4. The summed E-state index contributed by atoms with van der Waals surface area (Å²) >= 11 is 0. The average Bonchev–Trinajstić information content (AvgIpc) is 3.30. The molecule has 1 heterocycles. The van der Waals surface area contributed by atoms with Crippen molar-refractivity contribution in [3.05, 3.63) is 29.3 Å². The summed E-state index contributed by atoms with van der Waals surface area (Å²) in [5.41, 5.74) is 3.21. The van der Waals surface area contributed by atoms with Crippen LogP contribution in [0.4, 0.5) is 5.69 Å². The number of carbonyl (C=O) groups is 4. The summed E-state index contributed by atoms with van der Waals surface area (Å²) in [6, 6.07) is 4.79. The molecule has 1 aromatic carbocycles. The van der Waals surface area contributed by atoms with Gasteiger partial charge in [-0.1, -0.05) is 18.9 Å². The zero-order chi connectivity index (χ0) is 21.4. The second-order valence-electron chi connectivity index (χ2n) is 8.63. The molecule has 0 bridgehead atoms. The zero-order valence-corrected chi connectivity index (χ0v) is 17.5. The predicted molar refractivity (Wildman–Crippen MR) is 109 cm³/mol. The van der Waals surface area contributed by atoms with Crippen molar-refractivity contribution in [1.82, 2.24) is 4.90 Å². The lowest BCUT2D eigenvalue weighted by Gasteiger charge is -2.23. The highest BCUT2D eigenvalue weighted by Crippen LogP contribution is 2.39. The van der Waals surface area contributed by atoms with E-state index in [1.165, 1.54) is 25.0 Å². The van der Waals surface area contributed by atoms with Gasteiger partial charge in [0.2, 0.25) is 11.8 Å². The molecular formula is C23H28N2O5. The number of carbonyl (C=O) groups excluding carboxylic acids is 4. The van der Waals surface area contributed by atoms with Crippen LogP contribution in [-0.4, -0.2) is 40.7 Å². The normalized spacial score (nSPS) is 24.8. The molecule has 160 valence electrons. The van der Waals surface area contributed by atoms with Crippen LogP contribution in [0.15, 0.2) is 18.2 Å². The van der Waals surface area contributed by atoms with Crippen LogP contribution in [0.1, 0.15) is 57.1 Å². The maximum absolute atomic E-state index is 12.7. The monoisotopic (exact) mass is 412 g/mol. The van der Waals surface area contributed by atoms with Crippen molar-refractivity contribution in [1.29, 1.82) is 0 Å². The number of aryl methyl sites for hydroxylation is 2. The van der Waals surface area contributed by atoms with E-state index in [-0.39, 0.29) is 23.7 Å². The molecule has 2 fully saturated rings. The molecule has 4 atom stereocenters. The molecule has 1 N–H and O–H groups in total. The number of hydrogen-bond acceptors (Lipinski definition) is 5. The van der Waals surface area contributed by atoms with E-state index in [9.17, 15) is 19.2 Å². The van der Waals surface area contributed by atoms with Gasteiger partial charge in [-0.05, 0) is 69.2 Å². The molecule has 2 aliphatic carbocycles. The molecule has 3 aliphatic rings. The second kappa shape index (κ2) is 8.20. The predicted octanol–water partition coefficient (Wildman–Crippen LogP) is 2.61. The summed E-state index contributed by atoms with van der Waals surface area (Å²) in [5.74, 6) is -2.40. The van der Waals surface area contributed by atoms with E-state index in [0.29, 0.717) is 18.5 Å². The smallest absolute Gasteiger partial charge is 0.329 e. The van der Waals surface area contributed by atoms with Gasteiger partial charge in [-0.15, -0.1) is 0 Å². The average molecular weight is 412 g/mol. The van der Waals surface area contributed by atoms with Crippen molar-refractivity contribution in [3.63, 3.8) is 0 Å². The van der Waals surface area contributed by atoms with Gasteiger partial charge in [0, 0.05) is 5.69 Å². The Morgan fingerprint density at radius 3 is 2.30 bits per heavy atom. The van der Waals surface area contributed by atoms with E-state index in [1.807, 2.05) is 18.2 Å². The van der Waals surface area contributed by atoms with E-state index in [1.54, 1.807) is 0 Å². The number of ether oxygens (including phenoxy) is 1. The van der Waals surface area contributed by atoms with Gasteiger partial charge in [0.15, 0.2) is 6.10 Å². The molecule has 1 saturated carbocycles. The Kier molecular flexibility index (Phi) is 5.62. The second-order valence-corrected chi connectivity index (χ2v) is 8.63. The van der Waals surface area contributed by atoms with Crippen molar-refractivity contribution in [2.24, 2.45) is 11.8 Å². The van der Waals surface area contributed by atoms with Crippen LogP contribution in [0.5, 0.6) is 0 Å². The van der Waals surface area contributed by atoms with Crippen molar-refractivity contribution < 1.29 is 23.9 Å². The van der Waals surface area contributed by atoms with Crippen LogP contribution in [0.2, 0.25) is 0 Å². The standard InChI is InChI=1S/C23H28N2O5/c1-13(25-21(27)18-8-3-4-9-19(18)22(25)28)23(29)30-14(2)20(26)24-17-11-10-15-6-5-7-16(15)12-17/h10-14,18-19H,3-9H2,1-2H3,(H,24,26)/t13-,14+,18-,19-/m0/s1. The molecule has 0 unspecified atom stereocenters. The summed E-state index contributed by atoms with van der Waals surface area (Å²) < 4.78 is 5.30. The Hall–Kier alpha value is -2.70. The number of rotatable bonds is 5. The van der Waals surface area contributed by atoms with Gasteiger partial charge in [-0.25, -0.2) is 4.79 Å². The summed E-state index contributed by atoms with van der Waals surface area (Å²) in [6.45, 7) is 2.97. The Bertz CT molecular complexity index is 872. The minimum Gasteiger partial charge on any atom is -0.451 e. The minimum atomic E-state index is -1.04. The highest BCUT2D eigenvalue weighted by Gasteiger charge is 2.51. The molecule has 7 heteroatoms. The molecule has 0 spiro atoms. The highest BCUT2D eigenvalue weighted by molar-refractivity contribution is 6.08. The van der Waals surface area contributed by atoms with E-state index < -0.39 is 24.0 Å². The van der Waals surface area contributed by atoms with Crippen molar-refractivity contribution >= 4 is 29.4 Å². The van der Waals surface area contributed by atoms with Gasteiger partial charge in [-0.2, -0.15) is 0 Å². The minimum absolute atomic E-state index is 0.288. The summed E-state index contributed by atoms with van der Waals surface area (Å²) in [5, 5.41) is 2.78. The number of likely N-dealkylation sites (tertiary alicyclic amines) is 1. The Morgan fingerprint density at radius 1 is 1.00 bits per heavy atom. The lowest BCUT2D eigenvalue weighted by atomic mass is 9.81. The number of anilines is 1. The number of benzene rings is 1. The third kappa shape index (κ3) is 3.73.